The van der Waals surface area contributed by atoms with E-state index in [2.05, 4.69) is 28.8 Å². The summed E-state index contributed by atoms with van der Waals surface area (Å²) in [6.07, 6.45) is 2.02. The molecule has 3 aromatic rings. The summed E-state index contributed by atoms with van der Waals surface area (Å²) in [7, 11) is 1.90. The molecule has 108 valence electrons. The molecule has 3 N–H and O–H groups in total. The Morgan fingerprint density at radius 3 is 2.67 bits per heavy atom. The Balaban J connectivity index is 2.32. The summed E-state index contributed by atoms with van der Waals surface area (Å²) in [5, 5.41) is 5.73. The van der Waals surface area contributed by atoms with Crippen LogP contribution in [0.5, 0.6) is 0 Å². The summed E-state index contributed by atoms with van der Waals surface area (Å²) in [5.41, 5.74) is 5.21. The van der Waals surface area contributed by atoms with Crippen molar-refractivity contribution in [2.24, 2.45) is 0 Å². The van der Waals surface area contributed by atoms with E-state index >= 15 is 0 Å². The van der Waals surface area contributed by atoms with Crippen LogP contribution < -0.4 is 15.9 Å². The Labute approximate surface area is 122 Å². The van der Waals surface area contributed by atoms with Crippen LogP contribution in [-0.2, 0) is 0 Å². The van der Waals surface area contributed by atoms with Crippen LogP contribution in [-0.4, -0.2) is 17.0 Å². The van der Waals surface area contributed by atoms with Crippen LogP contribution in [0.3, 0.4) is 0 Å². The van der Waals surface area contributed by atoms with E-state index in [1.807, 2.05) is 20.0 Å². The fourth-order valence-corrected chi connectivity index (χ4v) is 2.84. The van der Waals surface area contributed by atoms with Gasteiger partial charge >= 0.3 is 0 Å². The highest BCUT2D eigenvalue weighted by atomic mass is 19.1. The minimum atomic E-state index is -0.244. The average molecular weight is 283 g/mol. The van der Waals surface area contributed by atoms with Crippen molar-refractivity contribution >= 4 is 29.2 Å². The molecule has 0 aliphatic carbocycles. The Morgan fingerprint density at radius 2 is 2.00 bits per heavy atom. The molecule has 2 heterocycles. The first-order valence-electron chi connectivity index (χ1n) is 6.86. The molecule has 0 fully saturated rings. The van der Waals surface area contributed by atoms with Gasteiger partial charge in [-0.1, -0.05) is 6.58 Å². The largest absolute Gasteiger partial charge is 0.386 e. The predicted octanol–water partition coefficient (Wildman–Crippen LogP) is 2.53. The Morgan fingerprint density at radius 1 is 1.24 bits per heavy atom. The molecule has 4 heteroatoms. The van der Waals surface area contributed by atoms with E-state index in [9.17, 15) is 4.39 Å². The summed E-state index contributed by atoms with van der Waals surface area (Å²) in [6, 6.07) is 4.73. The first kappa shape index (κ1) is 13.5. The summed E-state index contributed by atoms with van der Waals surface area (Å²) < 4.78 is 13.5. The summed E-state index contributed by atoms with van der Waals surface area (Å²) >= 11 is 0. The first-order valence-corrected chi connectivity index (χ1v) is 6.86. The molecule has 1 aromatic carbocycles. The Kier molecular flexibility index (Phi) is 3.09. The number of rotatable bonds is 2. The average Bonchev–Trinajstić information content (AvgIpc) is 2.88. The molecule has 0 aliphatic heterocycles. The van der Waals surface area contributed by atoms with E-state index in [0.29, 0.717) is 0 Å². The second-order valence-electron chi connectivity index (χ2n) is 5.27. The lowest BCUT2D eigenvalue weighted by molar-refractivity contribution is 0.629. The van der Waals surface area contributed by atoms with Gasteiger partial charge in [-0.25, -0.2) is 4.39 Å². The molecule has 0 bridgehead atoms. The predicted molar refractivity (Wildman–Crippen MR) is 86.4 cm³/mol. The summed E-state index contributed by atoms with van der Waals surface area (Å²) in [4.78, 5) is 6.55. The van der Waals surface area contributed by atoms with Crippen LogP contribution in [0.2, 0.25) is 0 Å². The van der Waals surface area contributed by atoms with E-state index in [1.54, 1.807) is 6.07 Å². The summed E-state index contributed by atoms with van der Waals surface area (Å²) in [6.45, 7) is 8.10. The molecule has 0 radical (unpaired) electrons. The van der Waals surface area contributed by atoms with Gasteiger partial charge in [0.1, 0.15) is 5.82 Å². The fraction of sp³-hybridized carbons (Fsp3) is 0.176. The van der Waals surface area contributed by atoms with Crippen molar-refractivity contribution in [2.75, 3.05) is 12.4 Å². The van der Waals surface area contributed by atoms with Gasteiger partial charge in [0, 0.05) is 39.9 Å². The van der Waals surface area contributed by atoms with Gasteiger partial charge in [-0.3, -0.25) is 0 Å². The van der Waals surface area contributed by atoms with Gasteiger partial charge in [-0.2, -0.15) is 0 Å². The van der Waals surface area contributed by atoms with E-state index in [4.69, 9.17) is 0 Å². The molecular formula is C17H18FN3. The van der Waals surface area contributed by atoms with Crippen molar-refractivity contribution < 1.29 is 4.39 Å². The van der Waals surface area contributed by atoms with Crippen molar-refractivity contribution in [3.05, 3.63) is 51.5 Å². The third kappa shape index (κ3) is 2.13. The van der Waals surface area contributed by atoms with Gasteiger partial charge in [0.25, 0.3) is 0 Å². The maximum absolute atomic E-state index is 13.5. The van der Waals surface area contributed by atoms with E-state index < -0.39 is 0 Å². The molecule has 0 unspecified atom stereocenters. The quantitative estimate of drug-likeness (QED) is 0.665. The van der Waals surface area contributed by atoms with Gasteiger partial charge in [0.05, 0.1) is 5.69 Å². The normalized spacial score (nSPS) is 12.3. The number of aromatic amines is 2. The SMILES string of the molecule is C=c1[nH]c2ccc(F)cc2/c1=C/c1[nH]c(C)c(NC)c1C. The van der Waals surface area contributed by atoms with Crippen LogP contribution in [0.4, 0.5) is 10.1 Å². The lowest BCUT2D eigenvalue weighted by Gasteiger charge is -1.98. The zero-order valence-electron chi connectivity index (χ0n) is 12.4. The molecule has 0 amide bonds. The standard InChI is InChI=1S/C17H18FN3/c1-9-16(21-11(3)17(9)19-4)8-13-10(2)20-15-6-5-12(18)7-14(13)15/h5-8,19-21H,2H2,1,3-4H3/b13-8+. The molecule has 0 saturated heterocycles. The topological polar surface area (TPSA) is 43.6 Å². The lowest BCUT2D eigenvalue weighted by Crippen LogP contribution is -2.21. The zero-order valence-corrected chi connectivity index (χ0v) is 12.4. The van der Waals surface area contributed by atoms with Crippen molar-refractivity contribution in [3.63, 3.8) is 0 Å². The molecule has 0 saturated carbocycles. The second kappa shape index (κ2) is 4.81. The molecule has 0 spiro atoms. The van der Waals surface area contributed by atoms with Gasteiger partial charge < -0.3 is 15.3 Å². The molecule has 3 nitrogen and oxygen atoms in total. The zero-order chi connectivity index (χ0) is 15.1. The number of hydrogen-bond acceptors (Lipinski definition) is 1. The number of halogens is 1. The number of aromatic nitrogens is 2. The Bertz CT molecular complexity index is 931. The number of H-pyrrole nitrogens is 2. The number of anilines is 1. The van der Waals surface area contributed by atoms with Crippen LogP contribution in [0, 0.1) is 19.7 Å². The molecule has 2 aromatic heterocycles. The van der Waals surface area contributed by atoms with Crippen LogP contribution in [0.1, 0.15) is 17.0 Å². The van der Waals surface area contributed by atoms with Crippen LogP contribution in [0.25, 0.3) is 23.6 Å². The van der Waals surface area contributed by atoms with Crippen molar-refractivity contribution in [1.29, 1.82) is 0 Å². The number of aryl methyl sites for hydroxylation is 1. The van der Waals surface area contributed by atoms with Crippen molar-refractivity contribution in [3.8, 4) is 0 Å². The number of nitrogens with one attached hydrogen (secondary N) is 3. The van der Waals surface area contributed by atoms with E-state index in [1.165, 1.54) is 12.1 Å². The number of benzene rings is 1. The third-order valence-corrected chi connectivity index (χ3v) is 3.90. The highest BCUT2D eigenvalue weighted by Gasteiger charge is 2.09. The van der Waals surface area contributed by atoms with Gasteiger partial charge in [0.2, 0.25) is 0 Å². The van der Waals surface area contributed by atoms with Crippen molar-refractivity contribution in [2.45, 2.75) is 13.8 Å². The molecule has 0 aliphatic rings. The molecule has 0 atom stereocenters. The highest BCUT2D eigenvalue weighted by Crippen LogP contribution is 2.23. The van der Waals surface area contributed by atoms with Gasteiger partial charge in [-0.05, 0) is 43.7 Å². The number of hydrogen-bond donors (Lipinski definition) is 3. The van der Waals surface area contributed by atoms with Gasteiger partial charge in [0.15, 0.2) is 0 Å². The van der Waals surface area contributed by atoms with Crippen LogP contribution in [0.15, 0.2) is 18.2 Å². The Hall–Kier alpha value is -2.49. The minimum Gasteiger partial charge on any atom is -0.386 e. The summed E-state index contributed by atoms with van der Waals surface area (Å²) in [5.74, 6) is -0.244. The van der Waals surface area contributed by atoms with Crippen LogP contribution >= 0.6 is 0 Å². The van der Waals surface area contributed by atoms with Crippen molar-refractivity contribution in [1.82, 2.24) is 9.97 Å². The lowest BCUT2D eigenvalue weighted by atomic mass is 10.1. The second-order valence-corrected chi connectivity index (χ2v) is 5.27. The maximum Gasteiger partial charge on any atom is 0.123 e. The third-order valence-electron chi connectivity index (χ3n) is 3.90. The first-order chi connectivity index (χ1) is 10.0. The minimum absolute atomic E-state index is 0.244. The van der Waals surface area contributed by atoms with E-state index in [0.717, 1.165) is 44.1 Å². The molecular weight excluding hydrogens is 265 g/mol. The number of fused-ring (bicyclic) bond motifs is 1. The fourth-order valence-electron chi connectivity index (χ4n) is 2.84. The highest BCUT2D eigenvalue weighted by molar-refractivity contribution is 5.82. The van der Waals surface area contributed by atoms with Gasteiger partial charge in [-0.15, -0.1) is 0 Å². The molecule has 21 heavy (non-hydrogen) atoms. The molecule has 3 rings (SSSR count). The van der Waals surface area contributed by atoms with E-state index in [-0.39, 0.29) is 5.82 Å². The maximum atomic E-state index is 13.5. The smallest absolute Gasteiger partial charge is 0.123 e. The monoisotopic (exact) mass is 283 g/mol.